The summed E-state index contributed by atoms with van der Waals surface area (Å²) >= 11 is 0. The van der Waals surface area contributed by atoms with Crippen LogP contribution in [0.15, 0.2) is 24.3 Å². The highest BCUT2D eigenvalue weighted by molar-refractivity contribution is 5.92. The van der Waals surface area contributed by atoms with Crippen LogP contribution in [0.5, 0.6) is 0 Å². The Hall–Kier alpha value is -2.57. The second kappa shape index (κ2) is 6.93. The number of alkyl carbamates (subject to hydrolysis) is 1. The van der Waals surface area contributed by atoms with Crippen LogP contribution in [-0.2, 0) is 9.53 Å². The van der Waals surface area contributed by atoms with Gasteiger partial charge >= 0.3 is 12.1 Å². The fraction of sp³-hybridized carbons (Fsp3) is 0.400. The number of primary amides is 1. The lowest BCUT2D eigenvalue weighted by Gasteiger charge is -2.21. The number of carboxylic acids is 1. The van der Waals surface area contributed by atoms with Gasteiger partial charge in [0.25, 0.3) is 0 Å². The van der Waals surface area contributed by atoms with Crippen LogP contribution in [0.25, 0.3) is 0 Å². The van der Waals surface area contributed by atoms with Crippen molar-refractivity contribution < 1.29 is 24.2 Å². The van der Waals surface area contributed by atoms with Gasteiger partial charge in [-0.15, -0.1) is 0 Å². The molecule has 0 aliphatic rings. The molecule has 22 heavy (non-hydrogen) atoms. The Morgan fingerprint density at radius 3 is 2.18 bits per heavy atom. The Morgan fingerprint density at radius 2 is 1.77 bits per heavy atom. The quantitative estimate of drug-likeness (QED) is 0.761. The first-order valence-electron chi connectivity index (χ1n) is 6.69. The predicted molar refractivity (Wildman–Crippen MR) is 79.6 cm³/mol. The van der Waals surface area contributed by atoms with Gasteiger partial charge in [-0.1, -0.05) is 12.1 Å². The summed E-state index contributed by atoms with van der Waals surface area (Å²) in [6, 6.07) is 5.88. The SMILES string of the molecule is CC(C)(C)OC(=O)NCC(C(=O)O)c1ccc(C(N)=O)cc1. The molecule has 0 heterocycles. The summed E-state index contributed by atoms with van der Waals surface area (Å²) < 4.78 is 5.05. The number of carboxylic acid groups (broad SMARTS) is 1. The van der Waals surface area contributed by atoms with Crippen molar-refractivity contribution in [2.45, 2.75) is 32.3 Å². The van der Waals surface area contributed by atoms with E-state index in [0.29, 0.717) is 5.56 Å². The zero-order chi connectivity index (χ0) is 16.9. The highest BCUT2D eigenvalue weighted by Crippen LogP contribution is 2.17. The van der Waals surface area contributed by atoms with Crippen molar-refractivity contribution in [3.8, 4) is 0 Å². The summed E-state index contributed by atoms with van der Waals surface area (Å²) in [5.41, 5.74) is 5.20. The molecule has 0 aliphatic carbocycles. The maximum atomic E-state index is 11.6. The van der Waals surface area contributed by atoms with Gasteiger partial charge in [0, 0.05) is 12.1 Å². The summed E-state index contributed by atoms with van der Waals surface area (Å²) in [5, 5.41) is 11.7. The Labute approximate surface area is 128 Å². The molecule has 0 fully saturated rings. The number of hydrogen-bond donors (Lipinski definition) is 3. The van der Waals surface area contributed by atoms with Crippen molar-refractivity contribution in [3.05, 3.63) is 35.4 Å². The highest BCUT2D eigenvalue weighted by Gasteiger charge is 2.23. The second-order valence-corrected chi connectivity index (χ2v) is 5.76. The fourth-order valence-electron chi connectivity index (χ4n) is 1.73. The normalized spacial score (nSPS) is 12.3. The van der Waals surface area contributed by atoms with Crippen LogP contribution < -0.4 is 11.1 Å². The van der Waals surface area contributed by atoms with E-state index in [9.17, 15) is 19.5 Å². The second-order valence-electron chi connectivity index (χ2n) is 5.76. The average Bonchev–Trinajstić information content (AvgIpc) is 2.37. The van der Waals surface area contributed by atoms with Crippen LogP contribution in [0, 0.1) is 0 Å². The van der Waals surface area contributed by atoms with E-state index in [4.69, 9.17) is 10.5 Å². The third-order valence-electron chi connectivity index (χ3n) is 2.75. The van der Waals surface area contributed by atoms with E-state index >= 15 is 0 Å². The van der Waals surface area contributed by atoms with E-state index in [0.717, 1.165) is 0 Å². The number of hydrogen-bond acceptors (Lipinski definition) is 4. The molecule has 0 aliphatic heterocycles. The Bertz CT molecular complexity index is 560. The van der Waals surface area contributed by atoms with Crippen LogP contribution in [0.1, 0.15) is 42.6 Å². The number of carbonyl (C=O) groups excluding carboxylic acids is 2. The molecule has 1 rings (SSSR count). The minimum absolute atomic E-state index is 0.125. The number of rotatable bonds is 5. The number of aliphatic carboxylic acids is 1. The monoisotopic (exact) mass is 308 g/mol. The molecular formula is C15H20N2O5. The maximum Gasteiger partial charge on any atom is 0.407 e. The van der Waals surface area contributed by atoms with Gasteiger partial charge in [0.05, 0.1) is 5.92 Å². The molecule has 1 atom stereocenters. The standard InChI is InChI=1S/C15H20N2O5/c1-15(2,3)22-14(21)17-8-11(13(19)20)9-4-6-10(7-5-9)12(16)18/h4-7,11H,8H2,1-3H3,(H2,16,18)(H,17,21)(H,19,20). The average molecular weight is 308 g/mol. The number of ether oxygens (including phenoxy) is 1. The fourth-order valence-corrected chi connectivity index (χ4v) is 1.73. The van der Waals surface area contributed by atoms with E-state index in [-0.39, 0.29) is 12.1 Å². The van der Waals surface area contributed by atoms with E-state index in [1.165, 1.54) is 24.3 Å². The first-order chi connectivity index (χ1) is 10.1. The van der Waals surface area contributed by atoms with Gasteiger partial charge < -0.3 is 20.9 Å². The van der Waals surface area contributed by atoms with E-state index in [1.54, 1.807) is 20.8 Å². The molecule has 0 radical (unpaired) electrons. The molecule has 0 bridgehead atoms. The summed E-state index contributed by atoms with van der Waals surface area (Å²) in [6.45, 7) is 5.01. The zero-order valence-corrected chi connectivity index (χ0v) is 12.8. The molecule has 1 aromatic rings. The largest absolute Gasteiger partial charge is 0.481 e. The molecule has 0 saturated carbocycles. The molecule has 0 aromatic heterocycles. The van der Waals surface area contributed by atoms with E-state index in [2.05, 4.69) is 5.32 Å². The zero-order valence-electron chi connectivity index (χ0n) is 12.8. The highest BCUT2D eigenvalue weighted by atomic mass is 16.6. The van der Waals surface area contributed by atoms with Crippen LogP contribution in [0.4, 0.5) is 4.79 Å². The lowest BCUT2D eigenvalue weighted by molar-refractivity contribution is -0.138. The van der Waals surface area contributed by atoms with Crippen molar-refractivity contribution in [3.63, 3.8) is 0 Å². The number of carbonyl (C=O) groups is 3. The van der Waals surface area contributed by atoms with Gasteiger partial charge in [0.2, 0.25) is 5.91 Å². The molecule has 2 amide bonds. The van der Waals surface area contributed by atoms with Crippen molar-refractivity contribution in [1.29, 1.82) is 0 Å². The van der Waals surface area contributed by atoms with Crippen molar-refractivity contribution >= 4 is 18.0 Å². The van der Waals surface area contributed by atoms with Crippen LogP contribution >= 0.6 is 0 Å². The Morgan fingerprint density at radius 1 is 1.23 bits per heavy atom. The maximum absolute atomic E-state index is 11.6. The third-order valence-corrected chi connectivity index (χ3v) is 2.75. The number of amides is 2. The van der Waals surface area contributed by atoms with Crippen molar-refractivity contribution in [2.75, 3.05) is 6.54 Å². The van der Waals surface area contributed by atoms with Crippen molar-refractivity contribution in [1.82, 2.24) is 5.32 Å². The van der Waals surface area contributed by atoms with Gasteiger partial charge in [-0.25, -0.2) is 4.79 Å². The lowest BCUT2D eigenvalue weighted by atomic mass is 9.98. The van der Waals surface area contributed by atoms with Gasteiger partial charge in [-0.2, -0.15) is 0 Å². The Balaban J connectivity index is 2.76. The van der Waals surface area contributed by atoms with Gasteiger partial charge in [-0.05, 0) is 38.5 Å². The molecule has 1 aromatic carbocycles. The smallest absolute Gasteiger partial charge is 0.407 e. The number of benzene rings is 1. The van der Waals surface area contributed by atoms with Gasteiger partial charge in [0.15, 0.2) is 0 Å². The molecule has 4 N–H and O–H groups in total. The Kier molecular flexibility index (Phi) is 5.50. The lowest BCUT2D eigenvalue weighted by Crippen LogP contribution is -2.36. The summed E-state index contributed by atoms with van der Waals surface area (Å²) in [6.07, 6.45) is -0.687. The van der Waals surface area contributed by atoms with E-state index in [1.807, 2.05) is 0 Å². The molecular weight excluding hydrogens is 288 g/mol. The third kappa shape index (κ3) is 5.43. The first kappa shape index (κ1) is 17.5. The molecule has 1 unspecified atom stereocenters. The molecule has 0 saturated heterocycles. The number of nitrogens with one attached hydrogen (secondary N) is 1. The first-order valence-corrected chi connectivity index (χ1v) is 6.69. The topological polar surface area (TPSA) is 119 Å². The van der Waals surface area contributed by atoms with Crippen LogP contribution in [0.3, 0.4) is 0 Å². The van der Waals surface area contributed by atoms with Crippen molar-refractivity contribution in [2.24, 2.45) is 5.73 Å². The van der Waals surface area contributed by atoms with Gasteiger partial charge in [-0.3, -0.25) is 9.59 Å². The van der Waals surface area contributed by atoms with Crippen LogP contribution in [-0.4, -0.2) is 35.2 Å². The van der Waals surface area contributed by atoms with Crippen LogP contribution in [0.2, 0.25) is 0 Å². The minimum Gasteiger partial charge on any atom is -0.481 e. The molecule has 120 valence electrons. The molecule has 7 heteroatoms. The number of nitrogens with two attached hydrogens (primary N) is 1. The predicted octanol–water partition coefficient (Wildman–Crippen LogP) is 1.48. The molecule has 0 spiro atoms. The van der Waals surface area contributed by atoms with Gasteiger partial charge in [0.1, 0.15) is 5.60 Å². The minimum atomic E-state index is -1.09. The summed E-state index contributed by atoms with van der Waals surface area (Å²) in [5.74, 6) is -2.64. The molecule has 7 nitrogen and oxygen atoms in total. The summed E-state index contributed by atoms with van der Waals surface area (Å²) in [7, 11) is 0. The summed E-state index contributed by atoms with van der Waals surface area (Å²) in [4.78, 5) is 33.9. The van der Waals surface area contributed by atoms with E-state index < -0.39 is 29.5 Å².